The van der Waals surface area contributed by atoms with Gasteiger partial charge in [-0.1, -0.05) is 0 Å². The Bertz CT molecular complexity index is 70.7. The van der Waals surface area contributed by atoms with Crippen LogP contribution < -0.4 is 5.73 Å². The summed E-state index contributed by atoms with van der Waals surface area (Å²) in [6, 6.07) is -0.782. The highest BCUT2D eigenvalue weighted by molar-refractivity contribution is 5.85. The molecular formula is C4H9ClF3N. The van der Waals surface area contributed by atoms with Crippen LogP contribution in [-0.4, -0.2) is 12.2 Å². The largest absolute Gasteiger partial charge is 0.390 e. The minimum absolute atomic E-state index is 0. The summed E-state index contributed by atoms with van der Waals surface area (Å²) < 4.78 is 33.7. The van der Waals surface area contributed by atoms with Gasteiger partial charge < -0.3 is 5.73 Å². The van der Waals surface area contributed by atoms with Crippen LogP contribution in [0.5, 0.6) is 0 Å². The van der Waals surface area contributed by atoms with Gasteiger partial charge >= 0.3 is 6.18 Å². The van der Waals surface area contributed by atoms with Crippen molar-refractivity contribution in [3.63, 3.8) is 0 Å². The van der Waals surface area contributed by atoms with Gasteiger partial charge in [-0.2, -0.15) is 13.2 Å². The molecule has 58 valence electrons. The Labute approximate surface area is 57.8 Å². The van der Waals surface area contributed by atoms with E-state index in [-0.39, 0.29) is 12.4 Å². The van der Waals surface area contributed by atoms with E-state index in [0.717, 1.165) is 0 Å². The van der Waals surface area contributed by atoms with Crippen molar-refractivity contribution in [1.29, 1.82) is 0 Å². The van der Waals surface area contributed by atoms with E-state index in [1.54, 1.807) is 0 Å². The second-order valence-electron chi connectivity index (χ2n) is 1.80. The van der Waals surface area contributed by atoms with Crippen LogP contribution in [-0.2, 0) is 0 Å². The Morgan fingerprint density at radius 3 is 1.78 bits per heavy atom. The number of hydrogen-bond acceptors (Lipinski definition) is 1. The van der Waals surface area contributed by atoms with Gasteiger partial charge in [0, 0.05) is 6.04 Å². The maximum absolute atomic E-state index is 11.2. The van der Waals surface area contributed by atoms with Crippen molar-refractivity contribution in [1.82, 2.24) is 0 Å². The highest BCUT2D eigenvalue weighted by Crippen LogP contribution is 2.20. The highest BCUT2D eigenvalue weighted by atomic mass is 35.5. The summed E-state index contributed by atoms with van der Waals surface area (Å²) in [6.45, 7) is 1.33. The third-order valence-electron chi connectivity index (χ3n) is 0.553. The Balaban J connectivity index is 0. The average molecular weight is 164 g/mol. The van der Waals surface area contributed by atoms with Crippen LogP contribution in [0.3, 0.4) is 0 Å². The van der Waals surface area contributed by atoms with Crippen LogP contribution in [0.2, 0.25) is 0 Å². The van der Waals surface area contributed by atoms with E-state index < -0.39 is 18.6 Å². The van der Waals surface area contributed by atoms with Gasteiger partial charge in [-0.25, -0.2) is 0 Å². The van der Waals surface area contributed by atoms with Crippen LogP contribution in [0.4, 0.5) is 13.2 Å². The normalized spacial score (nSPS) is 14.3. The van der Waals surface area contributed by atoms with Crippen molar-refractivity contribution in [2.24, 2.45) is 5.73 Å². The quantitative estimate of drug-likeness (QED) is 0.626. The lowest BCUT2D eigenvalue weighted by atomic mass is 10.2. The molecule has 9 heavy (non-hydrogen) atoms. The highest BCUT2D eigenvalue weighted by Gasteiger charge is 2.28. The van der Waals surface area contributed by atoms with E-state index in [1.165, 1.54) is 6.92 Å². The molecule has 1 nitrogen and oxygen atoms in total. The summed E-state index contributed by atoms with van der Waals surface area (Å²) in [7, 11) is 0. The molecule has 0 amide bonds. The Morgan fingerprint density at radius 2 is 1.78 bits per heavy atom. The lowest BCUT2D eigenvalue weighted by Gasteiger charge is -2.07. The van der Waals surface area contributed by atoms with Crippen molar-refractivity contribution < 1.29 is 13.2 Å². The molecule has 0 aromatic carbocycles. The van der Waals surface area contributed by atoms with E-state index in [1.807, 2.05) is 0 Å². The van der Waals surface area contributed by atoms with Crippen LogP contribution >= 0.6 is 12.4 Å². The third kappa shape index (κ3) is 11.5. The van der Waals surface area contributed by atoms with Crippen molar-refractivity contribution in [3.05, 3.63) is 0 Å². The first kappa shape index (κ1) is 11.8. The molecular weight excluding hydrogens is 154 g/mol. The van der Waals surface area contributed by atoms with Crippen LogP contribution in [0.15, 0.2) is 0 Å². The molecule has 1 atom stereocenters. The first-order valence-electron chi connectivity index (χ1n) is 2.24. The molecule has 0 aliphatic carbocycles. The fraction of sp³-hybridized carbons (Fsp3) is 1.00. The zero-order chi connectivity index (χ0) is 6.78. The zero-order valence-electron chi connectivity index (χ0n) is 4.90. The Hall–Kier alpha value is 0.0400. The number of halogens is 4. The van der Waals surface area contributed by atoms with Gasteiger partial charge in [0.1, 0.15) is 0 Å². The number of alkyl halides is 3. The van der Waals surface area contributed by atoms with Gasteiger partial charge in [0.25, 0.3) is 0 Å². The minimum Gasteiger partial charge on any atom is -0.328 e. The molecule has 0 bridgehead atoms. The van der Waals surface area contributed by atoms with Crippen LogP contribution in [0, 0.1) is 0 Å². The molecule has 0 aromatic heterocycles. The van der Waals surface area contributed by atoms with E-state index in [2.05, 4.69) is 0 Å². The third-order valence-corrected chi connectivity index (χ3v) is 0.553. The summed E-state index contributed by atoms with van der Waals surface area (Å²) in [5, 5.41) is 0. The molecule has 0 aliphatic heterocycles. The average Bonchev–Trinajstić information content (AvgIpc) is 1.21. The monoisotopic (exact) mass is 163 g/mol. The van der Waals surface area contributed by atoms with Gasteiger partial charge in [-0.3, -0.25) is 0 Å². The molecule has 0 rings (SSSR count). The molecule has 0 spiro atoms. The Morgan fingerprint density at radius 1 is 1.44 bits per heavy atom. The van der Waals surface area contributed by atoms with Crippen LogP contribution in [0.25, 0.3) is 0 Å². The molecule has 0 saturated heterocycles. The fourth-order valence-corrected chi connectivity index (χ4v) is 0.365. The van der Waals surface area contributed by atoms with Crippen molar-refractivity contribution >= 4 is 12.4 Å². The lowest BCUT2D eigenvalue weighted by molar-refractivity contribution is -0.137. The molecule has 0 aromatic rings. The minimum atomic E-state index is -4.10. The molecule has 2 N–H and O–H groups in total. The van der Waals surface area contributed by atoms with E-state index in [9.17, 15) is 13.2 Å². The van der Waals surface area contributed by atoms with Gasteiger partial charge in [-0.15, -0.1) is 12.4 Å². The smallest absolute Gasteiger partial charge is 0.328 e. The fourth-order valence-electron chi connectivity index (χ4n) is 0.365. The second kappa shape index (κ2) is 3.95. The number of rotatable bonds is 1. The molecule has 5 heteroatoms. The SMILES string of the molecule is C[C@@H](N)CC(F)(F)F.Cl. The summed E-state index contributed by atoms with van der Waals surface area (Å²) in [4.78, 5) is 0. The van der Waals surface area contributed by atoms with Crippen molar-refractivity contribution in [2.45, 2.75) is 25.6 Å². The molecule has 0 heterocycles. The molecule has 0 aliphatic rings. The summed E-state index contributed by atoms with van der Waals surface area (Å²) in [6.07, 6.45) is -5.00. The lowest BCUT2D eigenvalue weighted by Crippen LogP contribution is -2.23. The van der Waals surface area contributed by atoms with Crippen LogP contribution in [0.1, 0.15) is 13.3 Å². The van der Waals surface area contributed by atoms with Crippen molar-refractivity contribution in [2.75, 3.05) is 0 Å². The second-order valence-corrected chi connectivity index (χ2v) is 1.80. The summed E-state index contributed by atoms with van der Waals surface area (Å²) >= 11 is 0. The maximum Gasteiger partial charge on any atom is 0.390 e. The molecule has 0 saturated carbocycles. The van der Waals surface area contributed by atoms with Gasteiger partial charge in [0.05, 0.1) is 6.42 Å². The number of nitrogens with two attached hydrogens (primary N) is 1. The first-order valence-corrected chi connectivity index (χ1v) is 2.24. The molecule has 0 unspecified atom stereocenters. The summed E-state index contributed by atoms with van der Waals surface area (Å²) in [5.41, 5.74) is 4.86. The topological polar surface area (TPSA) is 26.0 Å². The van der Waals surface area contributed by atoms with Crippen molar-refractivity contribution in [3.8, 4) is 0 Å². The van der Waals surface area contributed by atoms with Gasteiger partial charge in [0.15, 0.2) is 0 Å². The summed E-state index contributed by atoms with van der Waals surface area (Å²) in [5.74, 6) is 0. The van der Waals surface area contributed by atoms with Gasteiger partial charge in [-0.05, 0) is 6.92 Å². The standard InChI is InChI=1S/C4H8F3N.ClH/c1-3(8)2-4(5,6)7;/h3H,2,8H2,1H3;1H/t3-;/m1./s1. The predicted octanol–water partition coefficient (Wildman–Crippen LogP) is 1.71. The van der Waals surface area contributed by atoms with Gasteiger partial charge in [0.2, 0.25) is 0 Å². The molecule has 0 radical (unpaired) electrons. The number of hydrogen-bond donors (Lipinski definition) is 1. The maximum atomic E-state index is 11.2. The predicted molar refractivity (Wildman–Crippen MR) is 31.6 cm³/mol. The Kier molecular flexibility index (Phi) is 5.18. The first-order chi connectivity index (χ1) is 3.42. The van der Waals surface area contributed by atoms with E-state index in [4.69, 9.17) is 5.73 Å². The molecule has 0 fully saturated rings. The van der Waals surface area contributed by atoms with E-state index >= 15 is 0 Å². The van der Waals surface area contributed by atoms with E-state index in [0.29, 0.717) is 0 Å². The zero-order valence-corrected chi connectivity index (χ0v) is 5.72.